The van der Waals surface area contributed by atoms with Crippen molar-refractivity contribution < 1.29 is 27.4 Å². The van der Waals surface area contributed by atoms with Crippen molar-refractivity contribution in [1.82, 2.24) is 14.9 Å². The number of benzene rings is 1. The van der Waals surface area contributed by atoms with Crippen LogP contribution in [-0.2, 0) is 17.7 Å². The number of morpholine rings is 1. The highest BCUT2D eigenvalue weighted by Crippen LogP contribution is 2.25. The molecular formula is C19H19F3N4O3. The molecular weight excluding hydrogens is 389 g/mol. The van der Waals surface area contributed by atoms with Gasteiger partial charge in [0.2, 0.25) is 5.95 Å². The first-order valence-corrected chi connectivity index (χ1v) is 9.21. The van der Waals surface area contributed by atoms with Gasteiger partial charge in [-0.2, -0.15) is 0 Å². The Morgan fingerprint density at radius 3 is 2.52 bits per heavy atom. The minimum Gasteiger partial charge on any atom is -0.406 e. The fourth-order valence-corrected chi connectivity index (χ4v) is 3.36. The van der Waals surface area contributed by atoms with Gasteiger partial charge >= 0.3 is 6.36 Å². The highest BCUT2D eigenvalue weighted by atomic mass is 19.4. The summed E-state index contributed by atoms with van der Waals surface area (Å²) in [6.45, 7) is 3.50. The lowest BCUT2D eigenvalue weighted by Crippen LogP contribution is -2.39. The number of anilines is 1. The summed E-state index contributed by atoms with van der Waals surface area (Å²) in [5.74, 6) is -0.00308. The second-order valence-corrected chi connectivity index (χ2v) is 6.79. The van der Waals surface area contributed by atoms with E-state index < -0.39 is 6.36 Å². The largest absolute Gasteiger partial charge is 0.573 e. The van der Waals surface area contributed by atoms with E-state index in [9.17, 15) is 18.0 Å². The topological polar surface area (TPSA) is 67.8 Å². The number of hydrogen-bond donors (Lipinski definition) is 0. The molecule has 0 spiro atoms. The Kier molecular flexibility index (Phi) is 5.27. The SMILES string of the molecule is O=C(c1ccc(OC(F)(F)F)cc1)N1CCc2cnc(N3CCOCC3)nc2C1. The molecule has 0 radical (unpaired) electrons. The van der Waals surface area contributed by atoms with Crippen molar-refractivity contribution in [2.45, 2.75) is 19.3 Å². The zero-order valence-electron chi connectivity index (χ0n) is 15.5. The van der Waals surface area contributed by atoms with Crippen LogP contribution in [0.1, 0.15) is 21.6 Å². The third-order valence-corrected chi connectivity index (χ3v) is 4.85. The molecule has 1 aromatic heterocycles. The predicted octanol–water partition coefficient (Wildman–Crippen LogP) is 2.41. The van der Waals surface area contributed by atoms with Crippen LogP contribution in [-0.4, -0.2) is 60.0 Å². The normalized spacial score (nSPS) is 17.1. The first-order valence-electron chi connectivity index (χ1n) is 9.21. The number of carbonyl (C=O) groups is 1. The van der Waals surface area contributed by atoms with E-state index in [1.54, 1.807) is 11.1 Å². The van der Waals surface area contributed by atoms with Crippen LogP contribution in [0.4, 0.5) is 19.1 Å². The standard InChI is InChI=1S/C19H19F3N4O3/c20-19(21,22)29-15-3-1-13(2-4-15)17(27)26-6-5-14-11-23-18(24-16(14)12-26)25-7-9-28-10-8-25/h1-4,11H,5-10,12H2. The van der Waals surface area contributed by atoms with Gasteiger partial charge in [0, 0.05) is 31.4 Å². The van der Waals surface area contributed by atoms with Crippen molar-refractivity contribution in [3.63, 3.8) is 0 Å². The number of rotatable bonds is 3. The smallest absolute Gasteiger partial charge is 0.406 e. The number of amides is 1. The summed E-state index contributed by atoms with van der Waals surface area (Å²) in [5.41, 5.74) is 2.09. The average molecular weight is 408 g/mol. The Morgan fingerprint density at radius 2 is 1.83 bits per heavy atom. The maximum Gasteiger partial charge on any atom is 0.573 e. The first-order chi connectivity index (χ1) is 13.9. The summed E-state index contributed by atoms with van der Waals surface area (Å²) in [7, 11) is 0. The van der Waals surface area contributed by atoms with E-state index in [4.69, 9.17) is 4.74 Å². The number of alkyl halides is 3. The second-order valence-electron chi connectivity index (χ2n) is 6.79. The molecule has 2 aliphatic heterocycles. The van der Waals surface area contributed by atoms with Crippen LogP contribution in [0.25, 0.3) is 0 Å². The summed E-state index contributed by atoms with van der Waals surface area (Å²) < 4.78 is 46.0. The van der Waals surface area contributed by atoms with Gasteiger partial charge in [-0.25, -0.2) is 9.97 Å². The molecule has 154 valence electrons. The van der Waals surface area contributed by atoms with E-state index in [0.29, 0.717) is 57.3 Å². The quantitative estimate of drug-likeness (QED) is 0.777. The molecule has 1 saturated heterocycles. The maximum atomic E-state index is 12.8. The maximum absolute atomic E-state index is 12.8. The molecule has 1 amide bonds. The lowest BCUT2D eigenvalue weighted by Gasteiger charge is -2.30. The first kappa shape index (κ1) is 19.4. The van der Waals surface area contributed by atoms with Crippen LogP contribution >= 0.6 is 0 Å². The molecule has 10 heteroatoms. The Labute approximate surface area is 165 Å². The molecule has 4 rings (SSSR count). The number of carbonyl (C=O) groups excluding carboxylic acids is 1. The highest BCUT2D eigenvalue weighted by molar-refractivity contribution is 5.94. The third kappa shape index (κ3) is 4.58. The monoisotopic (exact) mass is 408 g/mol. The number of nitrogens with zero attached hydrogens (tertiary/aromatic N) is 4. The van der Waals surface area contributed by atoms with Gasteiger partial charge in [0.25, 0.3) is 5.91 Å². The Morgan fingerprint density at radius 1 is 1.10 bits per heavy atom. The summed E-state index contributed by atoms with van der Waals surface area (Å²) >= 11 is 0. The molecule has 3 heterocycles. The molecule has 0 N–H and O–H groups in total. The zero-order chi connectivity index (χ0) is 20.4. The van der Waals surface area contributed by atoms with Gasteiger partial charge in [0.05, 0.1) is 25.5 Å². The fraction of sp³-hybridized carbons (Fsp3) is 0.421. The van der Waals surface area contributed by atoms with Crippen molar-refractivity contribution in [2.24, 2.45) is 0 Å². The lowest BCUT2D eigenvalue weighted by molar-refractivity contribution is -0.274. The van der Waals surface area contributed by atoms with E-state index >= 15 is 0 Å². The average Bonchev–Trinajstić information content (AvgIpc) is 2.72. The summed E-state index contributed by atoms with van der Waals surface area (Å²) in [5, 5.41) is 0. The zero-order valence-corrected chi connectivity index (χ0v) is 15.5. The molecule has 0 atom stereocenters. The van der Waals surface area contributed by atoms with E-state index in [-0.39, 0.29) is 11.7 Å². The number of ether oxygens (including phenoxy) is 2. The summed E-state index contributed by atoms with van der Waals surface area (Å²) in [6, 6.07) is 4.94. The Hall–Kier alpha value is -2.88. The van der Waals surface area contributed by atoms with Gasteiger partial charge in [-0.15, -0.1) is 13.2 Å². The van der Waals surface area contributed by atoms with Crippen molar-refractivity contribution >= 4 is 11.9 Å². The summed E-state index contributed by atoms with van der Waals surface area (Å²) in [6.07, 6.45) is -2.34. The molecule has 7 nitrogen and oxygen atoms in total. The number of aromatic nitrogens is 2. The van der Waals surface area contributed by atoms with Crippen LogP contribution < -0.4 is 9.64 Å². The van der Waals surface area contributed by atoms with Gasteiger partial charge < -0.3 is 19.3 Å². The van der Waals surface area contributed by atoms with Crippen molar-refractivity contribution in [3.8, 4) is 5.75 Å². The van der Waals surface area contributed by atoms with E-state index in [1.165, 1.54) is 12.1 Å². The van der Waals surface area contributed by atoms with Gasteiger partial charge in [-0.05, 0) is 36.2 Å². The molecule has 1 aromatic carbocycles. The molecule has 2 aromatic rings. The van der Waals surface area contributed by atoms with E-state index in [2.05, 4.69) is 14.7 Å². The molecule has 29 heavy (non-hydrogen) atoms. The van der Waals surface area contributed by atoms with Gasteiger partial charge in [-0.1, -0.05) is 0 Å². The van der Waals surface area contributed by atoms with Crippen molar-refractivity contribution in [3.05, 3.63) is 47.3 Å². The van der Waals surface area contributed by atoms with Crippen LogP contribution in [0.3, 0.4) is 0 Å². The number of hydrogen-bond acceptors (Lipinski definition) is 6. The van der Waals surface area contributed by atoms with Crippen LogP contribution in [0.15, 0.2) is 30.5 Å². The molecule has 0 bridgehead atoms. The van der Waals surface area contributed by atoms with Crippen LogP contribution in [0.2, 0.25) is 0 Å². The van der Waals surface area contributed by atoms with Gasteiger partial charge in [0.1, 0.15) is 5.75 Å². The van der Waals surface area contributed by atoms with E-state index in [0.717, 1.165) is 23.4 Å². The molecule has 0 saturated carbocycles. The number of halogens is 3. The Bertz CT molecular complexity index is 883. The molecule has 0 aliphatic carbocycles. The fourth-order valence-electron chi connectivity index (χ4n) is 3.36. The highest BCUT2D eigenvalue weighted by Gasteiger charge is 2.31. The predicted molar refractivity (Wildman–Crippen MR) is 96.6 cm³/mol. The minimum atomic E-state index is -4.76. The van der Waals surface area contributed by atoms with Gasteiger partial charge in [-0.3, -0.25) is 4.79 Å². The lowest BCUT2D eigenvalue weighted by atomic mass is 10.1. The van der Waals surface area contributed by atoms with Crippen molar-refractivity contribution in [2.75, 3.05) is 37.7 Å². The van der Waals surface area contributed by atoms with Crippen molar-refractivity contribution in [1.29, 1.82) is 0 Å². The van der Waals surface area contributed by atoms with Crippen LogP contribution in [0.5, 0.6) is 5.75 Å². The molecule has 1 fully saturated rings. The van der Waals surface area contributed by atoms with Gasteiger partial charge in [0.15, 0.2) is 0 Å². The Balaban J connectivity index is 1.46. The number of fused-ring (bicyclic) bond motifs is 1. The minimum absolute atomic E-state index is 0.263. The molecule has 0 unspecified atom stereocenters. The molecule has 2 aliphatic rings. The van der Waals surface area contributed by atoms with E-state index in [1.807, 2.05) is 4.90 Å². The third-order valence-electron chi connectivity index (χ3n) is 4.85. The summed E-state index contributed by atoms with van der Waals surface area (Å²) in [4.78, 5) is 25.5. The van der Waals surface area contributed by atoms with Crippen LogP contribution in [0, 0.1) is 0 Å². The second kappa shape index (κ2) is 7.86.